The number of hydrogen-bond acceptors (Lipinski definition) is 4. The lowest BCUT2D eigenvalue weighted by molar-refractivity contribution is -0.124. The molecule has 0 saturated heterocycles. The number of carbonyl (C=O) groups is 2. The lowest BCUT2D eigenvalue weighted by Gasteiger charge is -2.06. The maximum Gasteiger partial charge on any atom is 0.355 e. The van der Waals surface area contributed by atoms with Gasteiger partial charge in [0.25, 0.3) is 5.91 Å². The summed E-state index contributed by atoms with van der Waals surface area (Å²) in [6.07, 6.45) is 0. The smallest absolute Gasteiger partial charge is 0.355 e. The van der Waals surface area contributed by atoms with E-state index >= 15 is 0 Å². The molecule has 26 heavy (non-hydrogen) atoms. The fourth-order valence-corrected chi connectivity index (χ4v) is 3.23. The third-order valence-electron chi connectivity index (χ3n) is 3.59. The molecular formula is C19H17ClN2O3S. The maximum atomic E-state index is 12.0. The Hall–Kier alpha value is -2.44. The number of aromatic nitrogens is 1. The van der Waals surface area contributed by atoms with E-state index in [9.17, 15) is 9.59 Å². The van der Waals surface area contributed by atoms with Crippen LogP contribution in [0.15, 0.2) is 59.5 Å². The van der Waals surface area contributed by atoms with Gasteiger partial charge in [-0.1, -0.05) is 29.8 Å². The molecule has 0 unspecified atom stereocenters. The molecule has 2 N–H and O–H groups in total. The molecule has 0 spiro atoms. The minimum absolute atomic E-state index is 0.306. The van der Waals surface area contributed by atoms with Gasteiger partial charge in [0.1, 0.15) is 5.69 Å². The number of para-hydroxylation sites is 1. The van der Waals surface area contributed by atoms with Crippen LogP contribution in [0, 0.1) is 0 Å². The number of aromatic amines is 1. The first-order chi connectivity index (χ1) is 12.6. The van der Waals surface area contributed by atoms with Crippen molar-refractivity contribution in [1.29, 1.82) is 0 Å². The Bertz CT molecular complexity index is 876. The van der Waals surface area contributed by atoms with E-state index in [0.717, 1.165) is 15.8 Å². The highest BCUT2D eigenvalue weighted by Crippen LogP contribution is 2.19. The summed E-state index contributed by atoms with van der Waals surface area (Å²) in [7, 11) is 0. The second-order valence-electron chi connectivity index (χ2n) is 5.50. The molecule has 0 atom stereocenters. The van der Waals surface area contributed by atoms with Crippen LogP contribution in [-0.4, -0.2) is 35.8 Å². The van der Waals surface area contributed by atoms with Crippen LogP contribution in [0.4, 0.5) is 0 Å². The molecule has 1 heterocycles. The Morgan fingerprint density at radius 1 is 1.12 bits per heavy atom. The Morgan fingerprint density at radius 3 is 2.65 bits per heavy atom. The highest BCUT2D eigenvalue weighted by molar-refractivity contribution is 7.99. The predicted molar refractivity (Wildman–Crippen MR) is 104 cm³/mol. The third-order valence-corrected chi connectivity index (χ3v) is 4.86. The van der Waals surface area contributed by atoms with Crippen molar-refractivity contribution in [2.45, 2.75) is 4.90 Å². The molecule has 1 aromatic heterocycles. The molecule has 0 radical (unpaired) electrons. The van der Waals surface area contributed by atoms with Crippen molar-refractivity contribution in [3.8, 4) is 0 Å². The van der Waals surface area contributed by atoms with E-state index in [1.54, 1.807) is 17.8 Å². The average Bonchev–Trinajstić information content (AvgIpc) is 3.09. The largest absolute Gasteiger partial charge is 0.451 e. The van der Waals surface area contributed by atoms with E-state index in [2.05, 4.69) is 10.3 Å². The fraction of sp³-hybridized carbons (Fsp3) is 0.158. The molecule has 0 saturated carbocycles. The van der Waals surface area contributed by atoms with Gasteiger partial charge in [-0.05, 0) is 36.4 Å². The van der Waals surface area contributed by atoms with Crippen molar-refractivity contribution < 1.29 is 14.3 Å². The number of H-pyrrole nitrogens is 1. The highest BCUT2D eigenvalue weighted by atomic mass is 35.5. The molecule has 134 valence electrons. The zero-order valence-corrected chi connectivity index (χ0v) is 15.4. The Balaban J connectivity index is 1.38. The van der Waals surface area contributed by atoms with Gasteiger partial charge in [-0.15, -0.1) is 11.8 Å². The van der Waals surface area contributed by atoms with Gasteiger partial charge in [0.2, 0.25) is 0 Å². The number of halogens is 1. The molecule has 5 nitrogen and oxygen atoms in total. The fourth-order valence-electron chi connectivity index (χ4n) is 2.33. The minimum Gasteiger partial charge on any atom is -0.451 e. The number of rotatable bonds is 7. The summed E-state index contributed by atoms with van der Waals surface area (Å²) in [5, 5.41) is 4.34. The van der Waals surface area contributed by atoms with Gasteiger partial charge in [0.05, 0.1) is 0 Å². The van der Waals surface area contributed by atoms with Crippen LogP contribution in [0.2, 0.25) is 5.02 Å². The van der Waals surface area contributed by atoms with Gasteiger partial charge in [0.15, 0.2) is 6.61 Å². The molecule has 3 aromatic rings. The summed E-state index contributed by atoms with van der Waals surface area (Å²) in [5.41, 5.74) is 1.18. The van der Waals surface area contributed by atoms with E-state index < -0.39 is 5.97 Å². The molecule has 0 aliphatic rings. The van der Waals surface area contributed by atoms with Crippen LogP contribution in [-0.2, 0) is 9.53 Å². The monoisotopic (exact) mass is 388 g/mol. The number of ether oxygens (including phenoxy) is 1. The molecule has 7 heteroatoms. The van der Waals surface area contributed by atoms with E-state index in [0.29, 0.717) is 23.0 Å². The molecule has 0 fully saturated rings. The zero-order valence-electron chi connectivity index (χ0n) is 13.8. The van der Waals surface area contributed by atoms with Gasteiger partial charge in [-0.2, -0.15) is 0 Å². The highest BCUT2D eigenvalue weighted by Gasteiger charge is 2.12. The number of nitrogens with one attached hydrogen (secondary N) is 2. The van der Waals surface area contributed by atoms with E-state index in [1.165, 1.54) is 0 Å². The van der Waals surface area contributed by atoms with Gasteiger partial charge in [-0.25, -0.2) is 4.79 Å². The van der Waals surface area contributed by atoms with Gasteiger partial charge < -0.3 is 15.0 Å². The van der Waals surface area contributed by atoms with Crippen LogP contribution in [0.5, 0.6) is 0 Å². The van der Waals surface area contributed by atoms with E-state index in [4.69, 9.17) is 16.3 Å². The van der Waals surface area contributed by atoms with E-state index in [1.807, 2.05) is 48.5 Å². The van der Waals surface area contributed by atoms with E-state index in [-0.39, 0.29) is 12.5 Å². The molecule has 1 amide bonds. The SMILES string of the molecule is O=C(COC(=O)c1cc2ccccc2[nH]1)NCCSc1ccc(Cl)cc1. The molecule has 0 aliphatic heterocycles. The molecule has 3 rings (SSSR count). The topological polar surface area (TPSA) is 71.2 Å². The maximum absolute atomic E-state index is 12.0. The standard InChI is InChI=1S/C19H17ClN2O3S/c20-14-5-7-15(8-6-14)26-10-9-21-18(23)12-25-19(24)17-11-13-3-1-2-4-16(13)22-17/h1-8,11,22H,9-10,12H2,(H,21,23). The quantitative estimate of drug-likeness (QED) is 0.366. The number of hydrogen-bond donors (Lipinski definition) is 2. The summed E-state index contributed by atoms with van der Waals surface area (Å²) in [6.45, 7) is 0.176. The number of esters is 1. The van der Waals surface area contributed by atoms with Crippen LogP contribution < -0.4 is 5.32 Å². The minimum atomic E-state index is -0.549. The van der Waals surface area contributed by atoms with Gasteiger partial charge >= 0.3 is 5.97 Å². The van der Waals surface area contributed by atoms with Crippen molar-refractivity contribution in [3.05, 3.63) is 65.3 Å². The van der Waals surface area contributed by atoms with Crippen molar-refractivity contribution in [2.24, 2.45) is 0 Å². The second-order valence-corrected chi connectivity index (χ2v) is 7.10. The summed E-state index contributed by atoms with van der Waals surface area (Å²) < 4.78 is 5.04. The van der Waals surface area contributed by atoms with Gasteiger partial charge in [-0.3, -0.25) is 4.79 Å². The molecular weight excluding hydrogens is 372 g/mol. The zero-order chi connectivity index (χ0) is 18.4. The first-order valence-electron chi connectivity index (χ1n) is 8.02. The van der Waals surface area contributed by atoms with Crippen LogP contribution in [0.25, 0.3) is 10.9 Å². The number of benzene rings is 2. The predicted octanol–water partition coefficient (Wildman–Crippen LogP) is 3.89. The summed E-state index contributed by atoms with van der Waals surface area (Å²) in [4.78, 5) is 27.8. The Morgan fingerprint density at radius 2 is 1.88 bits per heavy atom. The number of amides is 1. The Kier molecular flexibility index (Phi) is 6.20. The number of fused-ring (bicyclic) bond motifs is 1. The van der Waals surface area contributed by atoms with Crippen LogP contribution in [0.1, 0.15) is 10.5 Å². The van der Waals surface area contributed by atoms with Crippen molar-refractivity contribution >= 4 is 46.1 Å². The first kappa shape index (κ1) is 18.4. The lowest BCUT2D eigenvalue weighted by Crippen LogP contribution is -2.30. The Labute approximate surface area is 160 Å². The van der Waals surface area contributed by atoms with Crippen molar-refractivity contribution in [2.75, 3.05) is 18.9 Å². The summed E-state index contributed by atoms with van der Waals surface area (Å²) in [5.74, 6) is -0.165. The first-order valence-corrected chi connectivity index (χ1v) is 9.38. The average molecular weight is 389 g/mol. The van der Waals surface area contributed by atoms with Gasteiger partial charge in [0, 0.05) is 33.1 Å². The molecule has 0 bridgehead atoms. The number of carbonyl (C=O) groups excluding carboxylic acids is 2. The van der Waals surface area contributed by atoms with Crippen LogP contribution in [0.3, 0.4) is 0 Å². The third kappa shape index (κ3) is 5.03. The molecule has 2 aromatic carbocycles. The van der Waals surface area contributed by atoms with Crippen LogP contribution >= 0.6 is 23.4 Å². The number of thioether (sulfide) groups is 1. The molecule has 0 aliphatic carbocycles. The summed E-state index contributed by atoms with van der Waals surface area (Å²) >= 11 is 7.44. The normalized spacial score (nSPS) is 10.7. The summed E-state index contributed by atoms with van der Waals surface area (Å²) in [6, 6.07) is 16.7. The van der Waals surface area contributed by atoms with Crippen molar-refractivity contribution in [3.63, 3.8) is 0 Å². The lowest BCUT2D eigenvalue weighted by atomic mass is 10.2. The second kappa shape index (κ2) is 8.78. The van der Waals surface area contributed by atoms with Crippen molar-refractivity contribution in [1.82, 2.24) is 10.3 Å².